The van der Waals surface area contributed by atoms with Crippen molar-refractivity contribution in [2.24, 2.45) is 0 Å². The summed E-state index contributed by atoms with van der Waals surface area (Å²) in [5.74, 6) is -0.376. The molecule has 0 N–H and O–H groups in total. The number of carbonyl (C=O) groups excluding carboxylic acids is 1. The standard InChI is InChI=1S/C27H30Cl2F3NO2S/c1-5-7-22-25(34)33(21(15-27(30,31)32)16-36-26(2,3)4)23(17-10-12-19(28)13-11-17)24(35-22)18-8-6-9-20(29)14-18/h5-6,8-14,21-24H,1,7,15-16H2,2-4H3/t21-,22+,23+,24+/m0/s1. The lowest BCUT2D eigenvalue weighted by molar-refractivity contribution is -0.188. The molecular weight excluding hydrogens is 530 g/mol. The van der Waals surface area contributed by atoms with Crippen molar-refractivity contribution in [2.45, 2.75) is 68.8 Å². The van der Waals surface area contributed by atoms with Gasteiger partial charge >= 0.3 is 6.18 Å². The van der Waals surface area contributed by atoms with Crippen LogP contribution in [-0.2, 0) is 9.53 Å². The molecule has 0 spiro atoms. The number of morpholine rings is 1. The summed E-state index contributed by atoms with van der Waals surface area (Å²) in [6, 6.07) is 11.8. The highest BCUT2D eigenvalue weighted by Gasteiger charge is 2.48. The molecule has 1 aliphatic heterocycles. The molecule has 0 aromatic heterocycles. The minimum Gasteiger partial charge on any atom is -0.358 e. The third-order valence-corrected chi connectivity index (χ3v) is 7.67. The number of hydrogen-bond donors (Lipinski definition) is 0. The van der Waals surface area contributed by atoms with Crippen LogP contribution >= 0.6 is 35.0 Å². The minimum atomic E-state index is -4.47. The van der Waals surface area contributed by atoms with Crippen LogP contribution in [0.15, 0.2) is 61.2 Å². The Morgan fingerprint density at radius 3 is 2.31 bits per heavy atom. The molecule has 1 heterocycles. The fourth-order valence-electron chi connectivity index (χ4n) is 4.26. The first kappa shape index (κ1) is 28.9. The first-order valence-corrected chi connectivity index (χ1v) is 13.3. The van der Waals surface area contributed by atoms with E-state index in [1.165, 1.54) is 16.7 Å². The zero-order chi connectivity index (χ0) is 26.7. The van der Waals surface area contributed by atoms with Gasteiger partial charge in [0.2, 0.25) is 0 Å². The van der Waals surface area contributed by atoms with E-state index in [0.29, 0.717) is 21.2 Å². The molecule has 0 aliphatic carbocycles. The summed E-state index contributed by atoms with van der Waals surface area (Å²) in [5, 5.41) is 0.942. The Morgan fingerprint density at radius 1 is 1.08 bits per heavy atom. The van der Waals surface area contributed by atoms with E-state index in [1.807, 2.05) is 20.8 Å². The summed E-state index contributed by atoms with van der Waals surface area (Å²) in [7, 11) is 0. The van der Waals surface area contributed by atoms with Gasteiger partial charge in [-0.15, -0.1) is 6.58 Å². The lowest BCUT2D eigenvalue weighted by Crippen LogP contribution is -2.56. The Balaban J connectivity index is 2.19. The van der Waals surface area contributed by atoms with Crippen molar-refractivity contribution in [3.05, 3.63) is 82.4 Å². The predicted molar refractivity (Wildman–Crippen MR) is 142 cm³/mol. The first-order chi connectivity index (χ1) is 16.8. The molecule has 0 bridgehead atoms. The van der Waals surface area contributed by atoms with E-state index in [0.717, 1.165) is 0 Å². The summed E-state index contributed by atoms with van der Waals surface area (Å²) in [5.41, 5.74) is 1.30. The van der Waals surface area contributed by atoms with Crippen molar-refractivity contribution in [1.82, 2.24) is 4.90 Å². The Morgan fingerprint density at radius 2 is 1.75 bits per heavy atom. The van der Waals surface area contributed by atoms with Gasteiger partial charge in [-0.05, 0) is 35.4 Å². The maximum Gasteiger partial charge on any atom is 0.391 e. The van der Waals surface area contributed by atoms with E-state index in [-0.39, 0.29) is 16.9 Å². The Bertz CT molecular complexity index is 1060. The second-order valence-electron chi connectivity index (χ2n) is 9.76. The van der Waals surface area contributed by atoms with Gasteiger partial charge in [0.1, 0.15) is 12.2 Å². The molecule has 1 amide bonds. The van der Waals surface area contributed by atoms with Gasteiger partial charge in [-0.1, -0.05) is 74.3 Å². The molecular formula is C27H30Cl2F3NO2S. The molecule has 9 heteroatoms. The minimum absolute atomic E-state index is 0.113. The first-order valence-electron chi connectivity index (χ1n) is 11.6. The van der Waals surface area contributed by atoms with Crippen molar-refractivity contribution in [2.75, 3.05) is 5.75 Å². The van der Waals surface area contributed by atoms with Gasteiger partial charge in [-0.25, -0.2) is 0 Å². The summed E-state index contributed by atoms with van der Waals surface area (Å²) in [4.78, 5) is 15.2. The third-order valence-electron chi connectivity index (χ3n) is 5.77. The van der Waals surface area contributed by atoms with Gasteiger partial charge in [0, 0.05) is 27.0 Å². The van der Waals surface area contributed by atoms with Crippen molar-refractivity contribution in [3.63, 3.8) is 0 Å². The largest absolute Gasteiger partial charge is 0.391 e. The monoisotopic (exact) mass is 559 g/mol. The van der Waals surface area contributed by atoms with Crippen LogP contribution in [0.1, 0.15) is 56.9 Å². The van der Waals surface area contributed by atoms with E-state index in [4.69, 9.17) is 27.9 Å². The number of hydrogen-bond acceptors (Lipinski definition) is 3. The Labute approximate surface area is 225 Å². The molecule has 36 heavy (non-hydrogen) atoms. The fourth-order valence-corrected chi connectivity index (χ4v) is 5.56. The van der Waals surface area contributed by atoms with Crippen LogP contribution in [0.3, 0.4) is 0 Å². The normalized spacial score (nSPS) is 21.9. The van der Waals surface area contributed by atoms with Crippen LogP contribution in [0.4, 0.5) is 13.2 Å². The topological polar surface area (TPSA) is 29.5 Å². The van der Waals surface area contributed by atoms with Crippen LogP contribution in [0, 0.1) is 0 Å². The molecule has 196 valence electrons. The Hall–Kier alpha value is -1.67. The molecule has 0 unspecified atom stereocenters. The average molecular weight is 561 g/mol. The van der Waals surface area contributed by atoms with Crippen LogP contribution in [0.25, 0.3) is 0 Å². The highest BCUT2D eigenvalue weighted by molar-refractivity contribution is 8.00. The van der Waals surface area contributed by atoms with E-state index in [2.05, 4.69) is 6.58 Å². The average Bonchev–Trinajstić information content (AvgIpc) is 2.77. The van der Waals surface area contributed by atoms with E-state index >= 15 is 0 Å². The van der Waals surface area contributed by atoms with Crippen LogP contribution < -0.4 is 0 Å². The molecule has 1 aliphatic rings. The van der Waals surface area contributed by atoms with Gasteiger partial charge in [-0.3, -0.25) is 4.79 Å². The van der Waals surface area contributed by atoms with Gasteiger partial charge in [-0.2, -0.15) is 24.9 Å². The summed E-state index contributed by atoms with van der Waals surface area (Å²) in [6.45, 7) is 9.54. The summed E-state index contributed by atoms with van der Waals surface area (Å²) in [6.07, 6.45) is -5.60. The lowest BCUT2D eigenvalue weighted by atomic mass is 9.89. The number of nitrogens with zero attached hydrogens (tertiary/aromatic N) is 1. The third kappa shape index (κ3) is 7.67. The number of alkyl halides is 3. The number of halogens is 5. The number of rotatable bonds is 8. The van der Waals surface area contributed by atoms with Crippen LogP contribution in [0.2, 0.25) is 10.0 Å². The van der Waals surface area contributed by atoms with E-state index in [1.54, 1.807) is 54.6 Å². The second kappa shape index (κ2) is 11.8. The molecule has 4 atom stereocenters. The number of amides is 1. The van der Waals surface area contributed by atoms with Gasteiger partial charge in [0.05, 0.1) is 18.5 Å². The van der Waals surface area contributed by atoms with Gasteiger partial charge in [0.15, 0.2) is 0 Å². The van der Waals surface area contributed by atoms with E-state index in [9.17, 15) is 18.0 Å². The van der Waals surface area contributed by atoms with Crippen LogP contribution in [0.5, 0.6) is 0 Å². The molecule has 3 nitrogen and oxygen atoms in total. The van der Waals surface area contributed by atoms with E-state index < -0.39 is 42.8 Å². The van der Waals surface area contributed by atoms with Gasteiger partial charge < -0.3 is 9.64 Å². The van der Waals surface area contributed by atoms with Crippen molar-refractivity contribution in [1.29, 1.82) is 0 Å². The number of thioether (sulfide) groups is 1. The zero-order valence-corrected chi connectivity index (χ0v) is 22.7. The number of carbonyl (C=O) groups is 1. The molecule has 2 aromatic rings. The van der Waals surface area contributed by atoms with Crippen molar-refractivity contribution < 1.29 is 22.7 Å². The maximum absolute atomic E-state index is 13.9. The smallest absolute Gasteiger partial charge is 0.358 e. The predicted octanol–water partition coefficient (Wildman–Crippen LogP) is 8.43. The maximum atomic E-state index is 13.9. The van der Waals surface area contributed by atoms with Crippen LogP contribution in [-0.4, -0.2) is 39.6 Å². The van der Waals surface area contributed by atoms with Crippen molar-refractivity contribution in [3.8, 4) is 0 Å². The SMILES string of the molecule is C=CC[C@H]1O[C@H](c2cccc(Cl)c2)[C@@H](c2ccc(Cl)cc2)N([C@H](CSC(C)(C)C)CC(F)(F)F)C1=O. The quantitative estimate of drug-likeness (QED) is 0.304. The highest BCUT2D eigenvalue weighted by atomic mass is 35.5. The molecule has 2 aromatic carbocycles. The molecule has 3 rings (SSSR count). The Kier molecular flexibility index (Phi) is 9.47. The fraction of sp³-hybridized carbons (Fsp3) is 0.444. The lowest BCUT2D eigenvalue weighted by Gasteiger charge is -2.48. The summed E-state index contributed by atoms with van der Waals surface area (Å²) >= 11 is 13.8. The molecule has 0 radical (unpaired) electrons. The zero-order valence-electron chi connectivity index (χ0n) is 20.4. The summed E-state index contributed by atoms with van der Waals surface area (Å²) < 4.78 is 47.6. The highest BCUT2D eigenvalue weighted by Crippen LogP contribution is 2.46. The molecule has 1 saturated heterocycles. The molecule has 0 saturated carbocycles. The second-order valence-corrected chi connectivity index (χ2v) is 12.5. The number of benzene rings is 2. The van der Waals surface area contributed by atoms with Crippen molar-refractivity contribution >= 4 is 40.9 Å². The molecule has 1 fully saturated rings. The van der Waals surface area contributed by atoms with Gasteiger partial charge in [0.25, 0.3) is 5.91 Å². The number of ether oxygens (including phenoxy) is 1.